The SMILES string of the molecule is O=C(COc1ccccc1OCC(F)(F)F)NC[C@@H](CO)Cc1ccccn1. The molecule has 2 rings (SSSR count). The van der Waals surface area contributed by atoms with E-state index in [9.17, 15) is 23.1 Å². The van der Waals surface area contributed by atoms with E-state index in [1.165, 1.54) is 18.2 Å². The first-order valence-corrected chi connectivity index (χ1v) is 8.56. The summed E-state index contributed by atoms with van der Waals surface area (Å²) in [6, 6.07) is 11.2. The zero-order valence-electron chi connectivity index (χ0n) is 15.0. The van der Waals surface area contributed by atoms with Crippen LogP contribution in [0.4, 0.5) is 13.2 Å². The smallest absolute Gasteiger partial charge is 0.422 e. The van der Waals surface area contributed by atoms with Gasteiger partial charge in [0.1, 0.15) is 0 Å². The molecule has 0 aliphatic rings. The number of pyridine rings is 1. The second-order valence-electron chi connectivity index (χ2n) is 6.02. The monoisotopic (exact) mass is 398 g/mol. The van der Waals surface area contributed by atoms with Gasteiger partial charge in [0, 0.05) is 31.0 Å². The number of para-hydroxylation sites is 2. The molecule has 0 saturated heterocycles. The van der Waals surface area contributed by atoms with Crippen molar-refractivity contribution < 1.29 is 32.5 Å². The molecule has 152 valence electrons. The van der Waals surface area contributed by atoms with E-state index in [0.29, 0.717) is 6.42 Å². The fourth-order valence-corrected chi connectivity index (χ4v) is 2.32. The first-order valence-electron chi connectivity index (χ1n) is 8.56. The molecule has 1 heterocycles. The van der Waals surface area contributed by atoms with Gasteiger partial charge in [0.2, 0.25) is 0 Å². The molecule has 0 spiro atoms. The largest absolute Gasteiger partial charge is 0.480 e. The van der Waals surface area contributed by atoms with Crippen LogP contribution >= 0.6 is 0 Å². The van der Waals surface area contributed by atoms with Crippen LogP contribution in [0, 0.1) is 5.92 Å². The number of aromatic nitrogens is 1. The van der Waals surface area contributed by atoms with Gasteiger partial charge in [0.25, 0.3) is 5.91 Å². The van der Waals surface area contributed by atoms with Crippen molar-refractivity contribution in [1.29, 1.82) is 0 Å². The molecule has 1 amide bonds. The Hall–Kier alpha value is -2.81. The summed E-state index contributed by atoms with van der Waals surface area (Å²) < 4.78 is 46.9. The maximum Gasteiger partial charge on any atom is 0.422 e. The predicted octanol–water partition coefficient (Wildman–Crippen LogP) is 2.37. The molecule has 0 unspecified atom stereocenters. The first-order chi connectivity index (χ1) is 13.4. The summed E-state index contributed by atoms with van der Waals surface area (Å²) >= 11 is 0. The Morgan fingerprint density at radius 1 is 1.11 bits per heavy atom. The van der Waals surface area contributed by atoms with Crippen LogP contribution in [-0.2, 0) is 11.2 Å². The first kappa shape index (κ1) is 21.5. The van der Waals surface area contributed by atoms with Crippen LogP contribution in [0.2, 0.25) is 0 Å². The predicted molar refractivity (Wildman–Crippen MR) is 95.0 cm³/mol. The number of rotatable bonds is 10. The van der Waals surface area contributed by atoms with Gasteiger partial charge in [-0.05, 0) is 30.7 Å². The summed E-state index contributed by atoms with van der Waals surface area (Å²) in [5, 5.41) is 12.1. The van der Waals surface area contributed by atoms with Crippen molar-refractivity contribution in [3.05, 3.63) is 54.4 Å². The summed E-state index contributed by atoms with van der Waals surface area (Å²) in [7, 11) is 0. The lowest BCUT2D eigenvalue weighted by Gasteiger charge is -2.16. The summed E-state index contributed by atoms with van der Waals surface area (Å²) in [5.41, 5.74) is 0.794. The number of aliphatic hydroxyl groups is 1. The zero-order chi connectivity index (χ0) is 20.4. The number of carbonyl (C=O) groups is 1. The fraction of sp³-hybridized carbons (Fsp3) is 0.368. The molecule has 0 aliphatic carbocycles. The lowest BCUT2D eigenvalue weighted by Crippen LogP contribution is -2.35. The fourth-order valence-electron chi connectivity index (χ4n) is 2.32. The number of ether oxygens (including phenoxy) is 2. The van der Waals surface area contributed by atoms with Crippen molar-refractivity contribution in [1.82, 2.24) is 10.3 Å². The molecule has 1 aromatic carbocycles. The van der Waals surface area contributed by atoms with E-state index < -0.39 is 25.3 Å². The minimum Gasteiger partial charge on any atom is -0.480 e. The molecule has 6 nitrogen and oxygen atoms in total. The molecule has 9 heteroatoms. The number of aliphatic hydroxyl groups excluding tert-OH is 1. The molecule has 0 radical (unpaired) electrons. The number of halogens is 3. The number of hydrogen-bond donors (Lipinski definition) is 2. The van der Waals surface area contributed by atoms with Crippen molar-refractivity contribution in [3.63, 3.8) is 0 Å². The quantitative estimate of drug-likeness (QED) is 0.642. The number of hydrogen-bond acceptors (Lipinski definition) is 5. The van der Waals surface area contributed by atoms with Crippen LogP contribution in [0.25, 0.3) is 0 Å². The van der Waals surface area contributed by atoms with Crippen LogP contribution in [0.5, 0.6) is 11.5 Å². The molecule has 28 heavy (non-hydrogen) atoms. The highest BCUT2D eigenvalue weighted by molar-refractivity contribution is 5.77. The van der Waals surface area contributed by atoms with E-state index in [2.05, 4.69) is 10.3 Å². The van der Waals surface area contributed by atoms with Gasteiger partial charge in [0.05, 0.1) is 0 Å². The van der Waals surface area contributed by atoms with Gasteiger partial charge in [-0.3, -0.25) is 9.78 Å². The summed E-state index contributed by atoms with van der Waals surface area (Å²) in [6.07, 6.45) is -2.33. The molecule has 1 atom stereocenters. The summed E-state index contributed by atoms with van der Waals surface area (Å²) in [6.45, 7) is -1.77. The summed E-state index contributed by atoms with van der Waals surface area (Å²) in [5.74, 6) is -0.753. The van der Waals surface area contributed by atoms with Gasteiger partial charge in [-0.25, -0.2) is 0 Å². The number of carbonyl (C=O) groups excluding carboxylic acids is 1. The second kappa shape index (κ2) is 10.5. The summed E-state index contributed by atoms with van der Waals surface area (Å²) in [4.78, 5) is 16.1. The van der Waals surface area contributed by atoms with Crippen LogP contribution in [0.1, 0.15) is 5.69 Å². The lowest BCUT2D eigenvalue weighted by atomic mass is 10.0. The van der Waals surface area contributed by atoms with Crippen molar-refractivity contribution in [2.75, 3.05) is 26.4 Å². The number of alkyl halides is 3. The number of benzene rings is 1. The van der Waals surface area contributed by atoms with Crippen LogP contribution in [0.3, 0.4) is 0 Å². The number of nitrogens with zero attached hydrogens (tertiary/aromatic N) is 1. The Labute approximate surface area is 160 Å². The van der Waals surface area contributed by atoms with Crippen molar-refractivity contribution in [2.24, 2.45) is 5.92 Å². The molecule has 1 aromatic heterocycles. The lowest BCUT2D eigenvalue weighted by molar-refractivity contribution is -0.153. The van der Waals surface area contributed by atoms with Crippen molar-refractivity contribution in [2.45, 2.75) is 12.6 Å². The average Bonchev–Trinajstić information content (AvgIpc) is 2.68. The van der Waals surface area contributed by atoms with Crippen LogP contribution < -0.4 is 14.8 Å². The van der Waals surface area contributed by atoms with Gasteiger partial charge in [-0.15, -0.1) is 0 Å². The normalized spacial score (nSPS) is 12.3. The van der Waals surface area contributed by atoms with Crippen molar-refractivity contribution in [3.8, 4) is 11.5 Å². The van der Waals surface area contributed by atoms with E-state index >= 15 is 0 Å². The Balaban J connectivity index is 1.80. The van der Waals surface area contributed by atoms with Gasteiger partial charge in [-0.2, -0.15) is 13.2 Å². The molecular formula is C19H21F3N2O4. The van der Waals surface area contributed by atoms with Gasteiger partial charge in [-0.1, -0.05) is 18.2 Å². The van der Waals surface area contributed by atoms with Crippen molar-refractivity contribution >= 4 is 5.91 Å². The molecular weight excluding hydrogens is 377 g/mol. The average molecular weight is 398 g/mol. The minimum atomic E-state index is -4.47. The van der Waals surface area contributed by atoms with Gasteiger partial charge in [0.15, 0.2) is 24.7 Å². The van der Waals surface area contributed by atoms with E-state index in [0.717, 1.165) is 5.69 Å². The van der Waals surface area contributed by atoms with Gasteiger partial charge < -0.3 is 19.9 Å². The third-order valence-electron chi connectivity index (χ3n) is 3.67. The maximum absolute atomic E-state index is 12.3. The molecule has 2 N–H and O–H groups in total. The van der Waals surface area contributed by atoms with E-state index in [1.54, 1.807) is 18.3 Å². The number of nitrogens with one attached hydrogen (secondary N) is 1. The Morgan fingerprint density at radius 3 is 2.39 bits per heavy atom. The standard InChI is InChI=1S/C19H21F3N2O4/c20-19(21,22)13-28-17-7-2-1-6-16(17)27-12-18(26)24-10-14(11-25)9-15-5-3-4-8-23-15/h1-8,14,25H,9-13H2,(H,24,26)/t14-/m0/s1. The molecule has 0 fully saturated rings. The highest BCUT2D eigenvalue weighted by Crippen LogP contribution is 2.28. The van der Waals surface area contributed by atoms with Gasteiger partial charge >= 0.3 is 6.18 Å². The molecule has 2 aromatic rings. The Morgan fingerprint density at radius 2 is 1.79 bits per heavy atom. The van der Waals surface area contributed by atoms with Crippen LogP contribution in [-0.4, -0.2) is 48.5 Å². The highest BCUT2D eigenvalue weighted by atomic mass is 19.4. The second-order valence-corrected chi connectivity index (χ2v) is 6.02. The Kier molecular flexibility index (Phi) is 8.06. The van der Waals surface area contributed by atoms with E-state index in [4.69, 9.17) is 9.47 Å². The molecule has 0 aliphatic heterocycles. The zero-order valence-corrected chi connectivity index (χ0v) is 15.0. The highest BCUT2D eigenvalue weighted by Gasteiger charge is 2.29. The van der Waals surface area contributed by atoms with E-state index in [1.807, 2.05) is 12.1 Å². The topological polar surface area (TPSA) is 80.7 Å². The minimum absolute atomic E-state index is 0.0362. The maximum atomic E-state index is 12.3. The Bertz CT molecular complexity index is 741. The molecule has 0 saturated carbocycles. The number of amides is 1. The van der Waals surface area contributed by atoms with E-state index in [-0.39, 0.29) is 30.6 Å². The third kappa shape index (κ3) is 7.83. The molecule has 0 bridgehead atoms. The third-order valence-corrected chi connectivity index (χ3v) is 3.67. The van der Waals surface area contributed by atoms with Crippen LogP contribution in [0.15, 0.2) is 48.7 Å².